The van der Waals surface area contributed by atoms with Gasteiger partial charge in [0.15, 0.2) is 0 Å². The number of rotatable bonds is 1. The highest BCUT2D eigenvalue weighted by Crippen LogP contribution is 2.60. The third kappa shape index (κ3) is 1.85. The van der Waals surface area contributed by atoms with Crippen LogP contribution in [0.4, 0.5) is 0 Å². The first-order valence-electron chi connectivity index (χ1n) is 8.48. The lowest BCUT2D eigenvalue weighted by molar-refractivity contribution is -0.169. The summed E-state index contributed by atoms with van der Waals surface area (Å²) in [5.41, 5.74) is 0.00854. The van der Waals surface area contributed by atoms with Gasteiger partial charge in [-0.2, -0.15) is 0 Å². The van der Waals surface area contributed by atoms with Crippen LogP contribution in [0.5, 0.6) is 0 Å². The van der Waals surface area contributed by atoms with Crippen LogP contribution < -0.4 is 0 Å². The van der Waals surface area contributed by atoms with E-state index in [1.165, 1.54) is 38.5 Å². The standard InChI is InChI=1S/C17H27NO2/c1-11-9-20-10-12(2)18(11)16(19)17-6-13-3-14(7-17)5-15(4-13)8-17/h11-15H,3-10H2,1-2H3. The molecule has 3 nitrogen and oxygen atoms in total. The molecule has 0 aromatic heterocycles. The molecular weight excluding hydrogens is 250 g/mol. The van der Waals surface area contributed by atoms with E-state index in [9.17, 15) is 4.79 Å². The van der Waals surface area contributed by atoms with Crippen molar-refractivity contribution in [3.63, 3.8) is 0 Å². The number of carbonyl (C=O) groups is 1. The third-order valence-electron chi connectivity index (χ3n) is 6.39. The quantitative estimate of drug-likeness (QED) is 0.737. The number of ether oxygens (including phenoxy) is 1. The molecule has 0 N–H and O–H groups in total. The van der Waals surface area contributed by atoms with Crippen molar-refractivity contribution >= 4 is 5.91 Å². The molecular formula is C17H27NO2. The number of morpholine rings is 1. The Balaban J connectivity index is 1.61. The molecule has 5 fully saturated rings. The molecule has 2 unspecified atom stereocenters. The van der Waals surface area contributed by atoms with Gasteiger partial charge in [0.25, 0.3) is 0 Å². The number of nitrogens with zero attached hydrogens (tertiary/aromatic N) is 1. The molecule has 2 atom stereocenters. The summed E-state index contributed by atoms with van der Waals surface area (Å²) >= 11 is 0. The molecule has 0 spiro atoms. The SMILES string of the molecule is CC1COCC(C)N1C(=O)C12CC3CC(CC(C3)C1)C2. The molecule has 5 aliphatic rings. The van der Waals surface area contributed by atoms with Gasteiger partial charge in [-0.3, -0.25) is 4.79 Å². The molecule has 5 rings (SSSR count). The molecule has 0 aromatic carbocycles. The lowest BCUT2D eigenvalue weighted by Gasteiger charge is -2.57. The van der Waals surface area contributed by atoms with Crippen molar-refractivity contribution in [3.05, 3.63) is 0 Å². The molecule has 1 aliphatic heterocycles. The molecule has 20 heavy (non-hydrogen) atoms. The van der Waals surface area contributed by atoms with Gasteiger partial charge in [-0.1, -0.05) is 0 Å². The maximum Gasteiger partial charge on any atom is 0.229 e. The summed E-state index contributed by atoms with van der Waals surface area (Å²) in [6.07, 6.45) is 7.74. The molecule has 4 aliphatic carbocycles. The predicted octanol–water partition coefficient (Wildman–Crippen LogP) is 2.84. The normalized spacial score (nSPS) is 50.5. The minimum Gasteiger partial charge on any atom is -0.377 e. The summed E-state index contributed by atoms with van der Waals surface area (Å²) in [6.45, 7) is 5.72. The summed E-state index contributed by atoms with van der Waals surface area (Å²) in [6, 6.07) is 0.499. The van der Waals surface area contributed by atoms with Crippen LogP contribution in [-0.4, -0.2) is 36.1 Å². The van der Waals surface area contributed by atoms with E-state index >= 15 is 0 Å². The highest BCUT2D eigenvalue weighted by atomic mass is 16.5. The van der Waals surface area contributed by atoms with Crippen LogP contribution in [0.1, 0.15) is 52.4 Å². The molecule has 1 saturated heterocycles. The highest BCUT2D eigenvalue weighted by Gasteiger charge is 2.56. The zero-order valence-corrected chi connectivity index (χ0v) is 12.8. The van der Waals surface area contributed by atoms with E-state index in [-0.39, 0.29) is 17.5 Å². The van der Waals surface area contributed by atoms with Gasteiger partial charge in [-0.05, 0) is 70.1 Å². The number of amides is 1. The summed E-state index contributed by atoms with van der Waals surface area (Å²) < 4.78 is 5.60. The Hall–Kier alpha value is -0.570. The zero-order valence-electron chi connectivity index (χ0n) is 12.8. The topological polar surface area (TPSA) is 29.5 Å². The molecule has 1 amide bonds. The summed E-state index contributed by atoms with van der Waals surface area (Å²) in [5.74, 6) is 3.01. The van der Waals surface area contributed by atoms with Crippen molar-refractivity contribution in [1.29, 1.82) is 0 Å². The van der Waals surface area contributed by atoms with Gasteiger partial charge in [-0.25, -0.2) is 0 Å². The smallest absolute Gasteiger partial charge is 0.229 e. The van der Waals surface area contributed by atoms with Gasteiger partial charge in [0.05, 0.1) is 30.7 Å². The van der Waals surface area contributed by atoms with Crippen LogP contribution in [-0.2, 0) is 9.53 Å². The van der Waals surface area contributed by atoms with Crippen molar-refractivity contribution in [3.8, 4) is 0 Å². The van der Waals surface area contributed by atoms with Crippen molar-refractivity contribution < 1.29 is 9.53 Å². The third-order valence-corrected chi connectivity index (χ3v) is 6.39. The molecule has 0 aromatic rings. The fraction of sp³-hybridized carbons (Fsp3) is 0.941. The van der Waals surface area contributed by atoms with Gasteiger partial charge < -0.3 is 9.64 Å². The first kappa shape index (κ1) is 13.1. The summed E-state index contributed by atoms with van der Waals surface area (Å²) in [7, 11) is 0. The monoisotopic (exact) mass is 277 g/mol. The van der Waals surface area contributed by atoms with E-state index in [1.807, 2.05) is 0 Å². The van der Waals surface area contributed by atoms with Gasteiger partial charge in [0.2, 0.25) is 5.91 Å². The lowest BCUT2D eigenvalue weighted by Crippen LogP contribution is -2.61. The molecule has 3 heteroatoms. The molecule has 4 saturated carbocycles. The number of carbonyl (C=O) groups excluding carboxylic acids is 1. The second kappa shape index (κ2) is 4.46. The zero-order chi connectivity index (χ0) is 13.9. The van der Waals surface area contributed by atoms with Crippen molar-refractivity contribution in [1.82, 2.24) is 4.90 Å². The number of hydrogen-bond donors (Lipinski definition) is 0. The van der Waals surface area contributed by atoms with E-state index in [1.54, 1.807) is 0 Å². The predicted molar refractivity (Wildman–Crippen MR) is 77.2 cm³/mol. The first-order chi connectivity index (χ1) is 9.57. The van der Waals surface area contributed by atoms with E-state index in [0.29, 0.717) is 19.1 Å². The second-order valence-corrected chi connectivity index (χ2v) is 8.15. The summed E-state index contributed by atoms with van der Waals surface area (Å²) in [4.78, 5) is 15.5. The minimum absolute atomic E-state index is 0.00854. The Morgan fingerprint density at radius 2 is 1.40 bits per heavy atom. The Labute approximate surface area is 122 Å². The summed E-state index contributed by atoms with van der Waals surface area (Å²) in [5, 5.41) is 0. The Morgan fingerprint density at radius 3 is 1.85 bits per heavy atom. The van der Waals surface area contributed by atoms with E-state index < -0.39 is 0 Å². The van der Waals surface area contributed by atoms with Gasteiger partial charge >= 0.3 is 0 Å². The second-order valence-electron chi connectivity index (χ2n) is 8.15. The molecule has 1 heterocycles. The fourth-order valence-electron chi connectivity index (χ4n) is 6.05. The Morgan fingerprint density at radius 1 is 0.950 bits per heavy atom. The van der Waals surface area contributed by atoms with Crippen molar-refractivity contribution in [2.75, 3.05) is 13.2 Å². The van der Waals surface area contributed by atoms with Gasteiger partial charge in [-0.15, -0.1) is 0 Å². The van der Waals surface area contributed by atoms with Gasteiger partial charge in [0.1, 0.15) is 0 Å². The van der Waals surface area contributed by atoms with Gasteiger partial charge in [0, 0.05) is 0 Å². The highest BCUT2D eigenvalue weighted by molar-refractivity contribution is 5.84. The van der Waals surface area contributed by atoms with Crippen LogP contribution in [0, 0.1) is 23.2 Å². The average molecular weight is 277 g/mol. The van der Waals surface area contributed by atoms with Crippen LogP contribution >= 0.6 is 0 Å². The maximum absolute atomic E-state index is 13.3. The van der Waals surface area contributed by atoms with Crippen LogP contribution in [0.3, 0.4) is 0 Å². The van der Waals surface area contributed by atoms with Crippen LogP contribution in [0.15, 0.2) is 0 Å². The Kier molecular flexibility index (Phi) is 2.93. The molecule has 0 radical (unpaired) electrons. The van der Waals surface area contributed by atoms with Crippen molar-refractivity contribution in [2.24, 2.45) is 23.2 Å². The number of hydrogen-bond acceptors (Lipinski definition) is 2. The molecule has 4 bridgehead atoms. The van der Waals surface area contributed by atoms with Crippen LogP contribution in [0.2, 0.25) is 0 Å². The van der Waals surface area contributed by atoms with Crippen molar-refractivity contribution in [2.45, 2.75) is 64.5 Å². The maximum atomic E-state index is 13.3. The average Bonchev–Trinajstić information content (AvgIpc) is 2.36. The van der Waals surface area contributed by atoms with Crippen LogP contribution in [0.25, 0.3) is 0 Å². The lowest BCUT2D eigenvalue weighted by atomic mass is 9.49. The Bertz CT molecular complexity index is 374. The minimum atomic E-state index is 0.00854. The first-order valence-corrected chi connectivity index (χ1v) is 8.48. The largest absolute Gasteiger partial charge is 0.377 e. The van der Waals surface area contributed by atoms with E-state index in [2.05, 4.69) is 18.7 Å². The van der Waals surface area contributed by atoms with E-state index in [4.69, 9.17) is 4.74 Å². The molecule has 112 valence electrons. The fourth-order valence-corrected chi connectivity index (χ4v) is 6.05. The van der Waals surface area contributed by atoms with E-state index in [0.717, 1.165) is 17.8 Å².